The molecule has 0 radical (unpaired) electrons. The van der Waals surface area contributed by atoms with E-state index in [1.807, 2.05) is 0 Å². The molecule has 3 heteroatoms. The smallest absolute Gasteiger partial charge is 0.319 e. The molecule has 2 aliphatic heterocycles. The fourth-order valence-corrected chi connectivity index (χ4v) is 3.23. The zero-order valence-corrected chi connectivity index (χ0v) is 11.2. The third-order valence-corrected chi connectivity index (χ3v) is 3.91. The number of urea groups is 1. The number of piperidine rings is 1. The van der Waals surface area contributed by atoms with Gasteiger partial charge >= 0.3 is 6.03 Å². The van der Waals surface area contributed by atoms with Gasteiger partial charge in [-0.25, -0.2) is 4.79 Å². The molecular weight excluding hydrogens is 200 g/mol. The van der Waals surface area contributed by atoms with Gasteiger partial charge < -0.3 is 9.80 Å². The van der Waals surface area contributed by atoms with Crippen LogP contribution in [0, 0.1) is 5.92 Å². The van der Waals surface area contributed by atoms with E-state index in [4.69, 9.17) is 0 Å². The summed E-state index contributed by atoms with van der Waals surface area (Å²) in [7, 11) is 0. The second-order valence-corrected chi connectivity index (χ2v) is 6.52. The molecule has 0 unspecified atom stereocenters. The van der Waals surface area contributed by atoms with E-state index in [9.17, 15) is 4.79 Å². The summed E-state index contributed by atoms with van der Waals surface area (Å²) in [5.74, 6) is 0.574. The lowest BCUT2D eigenvalue weighted by atomic mass is 9.91. The van der Waals surface area contributed by atoms with E-state index in [-0.39, 0.29) is 11.6 Å². The van der Waals surface area contributed by atoms with Gasteiger partial charge in [-0.15, -0.1) is 0 Å². The molecule has 2 saturated heterocycles. The van der Waals surface area contributed by atoms with Crippen LogP contribution in [0.2, 0.25) is 0 Å². The van der Waals surface area contributed by atoms with E-state index >= 15 is 0 Å². The van der Waals surface area contributed by atoms with E-state index in [0.29, 0.717) is 18.0 Å². The van der Waals surface area contributed by atoms with Crippen LogP contribution < -0.4 is 0 Å². The maximum atomic E-state index is 12.4. The Bertz CT molecular complexity index is 293. The molecule has 2 atom stereocenters. The van der Waals surface area contributed by atoms with Crippen molar-refractivity contribution in [2.45, 2.75) is 65.1 Å². The van der Waals surface area contributed by atoms with Crippen molar-refractivity contribution < 1.29 is 4.79 Å². The first-order valence-corrected chi connectivity index (χ1v) is 6.42. The molecule has 92 valence electrons. The fraction of sp³-hybridized carbons (Fsp3) is 0.923. The third-order valence-electron chi connectivity index (χ3n) is 3.91. The maximum absolute atomic E-state index is 12.4. The molecule has 0 aromatic rings. The predicted octanol–water partition coefficient (Wildman–Crippen LogP) is 2.71. The third kappa shape index (κ3) is 1.70. The second kappa shape index (κ2) is 3.64. The van der Waals surface area contributed by atoms with Crippen LogP contribution in [-0.4, -0.2) is 40.0 Å². The van der Waals surface area contributed by atoms with Gasteiger partial charge in [0.15, 0.2) is 0 Å². The molecule has 0 spiro atoms. The first kappa shape index (κ1) is 11.7. The number of amides is 2. The molecule has 0 saturated carbocycles. The summed E-state index contributed by atoms with van der Waals surface area (Å²) in [6.07, 6.45) is 2.34. The zero-order chi connectivity index (χ0) is 12.1. The highest BCUT2D eigenvalue weighted by Crippen LogP contribution is 2.36. The minimum absolute atomic E-state index is 0.0393. The van der Waals surface area contributed by atoms with Gasteiger partial charge in [-0.05, 0) is 39.5 Å². The first-order valence-electron chi connectivity index (χ1n) is 6.42. The van der Waals surface area contributed by atoms with Crippen LogP contribution in [-0.2, 0) is 0 Å². The standard InChI is InChI=1S/C13H24N2O/c1-9(2)11-7-6-10-8-14(11)12(16)15(10)13(3,4)5/h9-11H,6-8H2,1-5H3/t10-,11-/m0/s1. The molecule has 2 bridgehead atoms. The summed E-state index contributed by atoms with van der Waals surface area (Å²) in [6.45, 7) is 11.8. The van der Waals surface area contributed by atoms with Crippen molar-refractivity contribution in [3.63, 3.8) is 0 Å². The fourth-order valence-electron chi connectivity index (χ4n) is 3.23. The van der Waals surface area contributed by atoms with Crippen LogP contribution in [0.25, 0.3) is 0 Å². The highest BCUT2D eigenvalue weighted by atomic mass is 16.2. The number of nitrogens with zero attached hydrogens (tertiary/aromatic N) is 2. The van der Waals surface area contributed by atoms with Crippen molar-refractivity contribution in [3.8, 4) is 0 Å². The molecule has 2 fully saturated rings. The monoisotopic (exact) mass is 224 g/mol. The topological polar surface area (TPSA) is 23.6 Å². The lowest BCUT2D eigenvalue weighted by Gasteiger charge is -2.35. The Hall–Kier alpha value is -0.730. The molecule has 16 heavy (non-hydrogen) atoms. The Morgan fingerprint density at radius 1 is 1.25 bits per heavy atom. The molecule has 2 heterocycles. The number of hydrogen-bond donors (Lipinski definition) is 0. The minimum atomic E-state index is -0.0393. The van der Waals surface area contributed by atoms with Crippen molar-refractivity contribution in [1.82, 2.24) is 9.80 Å². The van der Waals surface area contributed by atoms with Crippen molar-refractivity contribution in [1.29, 1.82) is 0 Å². The zero-order valence-electron chi connectivity index (χ0n) is 11.2. The van der Waals surface area contributed by atoms with Crippen LogP contribution in [0.4, 0.5) is 4.79 Å². The van der Waals surface area contributed by atoms with Gasteiger partial charge in [-0.2, -0.15) is 0 Å². The highest BCUT2D eigenvalue weighted by Gasteiger charge is 2.48. The van der Waals surface area contributed by atoms with E-state index < -0.39 is 0 Å². The average molecular weight is 224 g/mol. The van der Waals surface area contributed by atoms with Gasteiger partial charge in [-0.1, -0.05) is 13.8 Å². The van der Waals surface area contributed by atoms with Crippen LogP contribution in [0.15, 0.2) is 0 Å². The van der Waals surface area contributed by atoms with Crippen molar-refractivity contribution in [2.75, 3.05) is 6.54 Å². The molecule has 0 N–H and O–H groups in total. The van der Waals surface area contributed by atoms with Crippen molar-refractivity contribution in [3.05, 3.63) is 0 Å². The van der Waals surface area contributed by atoms with Crippen LogP contribution in [0.5, 0.6) is 0 Å². The highest BCUT2D eigenvalue weighted by molar-refractivity contribution is 5.78. The normalized spacial score (nSPS) is 30.5. The second-order valence-electron chi connectivity index (χ2n) is 6.52. The van der Waals surface area contributed by atoms with E-state index in [0.717, 1.165) is 6.54 Å². The van der Waals surface area contributed by atoms with E-state index in [1.165, 1.54) is 12.8 Å². The maximum Gasteiger partial charge on any atom is 0.321 e. The van der Waals surface area contributed by atoms with Crippen LogP contribution >= 0.6 is 0 Å². The summed E-state index contributed by atoms with van der Waals surface area (Å²) >= 11 is 0. The SMILES string of the molecule is CC(C)[C@@H]1CC[C@H]2CN1C(=O)N2C(C)(C)C. The van der Waals surface area contributed by atoms with Gasteiger partial charge in [0.1, 0.15) is 0 Å². The Labute approximate surface area is 98.8 Å². The summed E-state index contributed by atoms with van der Waals surface area (Å²) in [5, 5.41) is 0. The molecule has 2 aliphatic rings. The van der Waals surface area contributed by atoms with E-state index in [1.54, 1.807) is 0 Å². The number of fused-ring (bicyclic) bond motifs is 2. The van der Waals surface area contributed by atoms with Gasteiger partial charge in [0, 0.05) is 18.1 Å². The lowest BCUT2D eigenvalue weighted by Crippen LogP contribution is -2.47. The molecule has 2 rings (SSSR count). The lowest BCUT2D eigenvalue weighted by molar-refractivity contribution is 0.137. The Balaban J connectivity index is 2.23. The molecule has 0 aromatic heterocycles. The summed E-state index contributed by atoms with van der Waals surface area (Å²) in [5.41, 5.74) is -0.0393. The van der Waals surface area contributed by atoms with Gasteiger partial charge in [-0.3, -0.25) is 0 Å². The summed E-state index contributed by atoms with van der Waals surface area (Å²) < 4.78 is 0. The number of rotatable bonds is 1. The van der Waals surface area contributed by atoms with Gasteiger partial charge in [0.05, 0.1) is 6.04 Å². The largest absolute Gasteiger partial charge is 0.321 e. The summed E-state index contributed by atoms with van der Waals surface area (Å²) in [6, 6.07) is 1.16. The number of hydrogen-bond acceptors (Lipinski definition) is 1. The molecular formula is C13H24N2O. The number of carbonyl (C=O) groups is 1. The van der Waals surface area contributed by atoms with Gasteiger partial charge in [0.25, 0.3) is 0 Å². The Morgan fingerprint density at radius 3 is 2.38 bits per heavy atom. The van der Waals surface area contributed by atoms with Gasteiger partial charge in [0.2, 0.25) is 0 Å². The Kier molecular flexibility index (Phi) is 2.67. The van der Waals surface area contributed by atoms with Crippen LogP contribution in [0.3, 0.4) is 0 Å². The molecule has 0 aliphatic carbocycles. The Morgan fingerprint density at radius 2 is 1.88 bits per heavy atom. The molecule has 3 nitrogen and oxygen atoms in total. The van der Waals surface area contributed by atoms with Crippen molar-refractivity contribution in [2.24, 2.45) is 5.92 Å². The predicted molar refractivity (Wildman–Crippen MR) is 65.3 cm³/mol. The molecule has 2 amide bonds. The quantitative estimate of drug-likeness (QED) is 0.672. The first-order chi connectivity index (χ1) is 7.32. The molecule has 0 aromatic carbocycles. The minimum Gasteiger partial charge on any atom is -0.319 e. The average Bonchev–Trinajstić information content (AvgIpc) is 2.38. The number of carbonyl (C=O) groups excluding carboxylic acids is 1. The van der Waals surface area contributed by atoms with E-state index in [2.05, 4.69) is 44.4 Å². The summed E-state index contributed by atoms with van der Waals surface area (Å²) in [4.78, 5) is 16.6. The van der Waals surface area contributed by atoms with Crippen molar-refractivity contribution >= 4 is 6.03 Å². The van der Waals surface area contributed by atoms with Crippen LogP contribution in [0.1, 0.15) is 47.5 Å².